The molecule has 106 valence electrons. The van der Waals surface area contributed by atoms with E-state index >= 15 is 0 Å². The minimum absolute atomic E-state index is 0.458. The molecule has 0 bridgehead atoms. The van der Waals surface area contributed by atoms with E-state index in [4.69, 9.17) is 5.11 Å². The summed E-state index contributed by atoms with van der Waals surface area (Å²) in [7, 11) is -3.69. The van der Waals surface area contributed by atoms with E-state index in [2.05, 4.69) is 6.92 Å². The lowest BCUT2D eigenvalue weighted by Crippen LogP contribution is -2.41. The highest BCUT2D eigenvalue weighted by Crippen LogP contribution is 2.24. The zero-order valence-electron chi connectivity index (χ0n) is 11.1. The molecule has 0 radical (unpaired) electrons. The molecular weight excluding hydrogens is 254 g/mol. The Morgan fingerprint density at radius 1 is 1.39 bits per heavy atom. The number of rotatable bonds is 5. The van der Waals surface area contributed by atoms with Gasteiger partial charge < -0.3 is 5.11 Å². The van der Waals surface area contributed by atoms with Gasteiger partial charge in [0.25, 0.3) is 0 Å². The molecule has 1 saturated heterocycles. The van der Waals surface area contributed by atoms with Gasteiger partial charge in [0.05, 0.1) is 0 Å². The highest BCUT2D eigenvalue weighted by atomic mass is 32.2. The van der Waals surface area contributed by atoms with Crippen LogP contribution in [0.2, 0.25) is 0 Å². The van der Waals surface area contributed by atoms with Crippen molar-refractivity contribution in [3.8, 4) is 0 Å². The molecule has 5 nitrogen and oxygen atoms in total. The first-order chi connectivity index (χ1) is 8.39. The Balaban J connectivity index is 2.70. The molecule has 1 rings (SSSR count). The van der Waals surface area contributed by atoms with Crippen LogP contribution in [0.4, 0.5) is 0 Å². The number of carbonyl (C=O) groups is 1. The number of hydrogen-bond acceptors (Lipinski definition) is 3. The van der Waals surface area contributed by atoms with Crippen molar-refractivity contribution in [1.82, 2.24) is 4.31 Å². The maximum Gasteiger partial charge on any atom is 0.323 e. The largest absolute Gasteiger partial charge is 0.480 e. The summed E-state index contributed by atoms with van der Waals surface area (Å²) in [4.78, 5) is 10.8. The fourth-order valence-corrected chi connectivity index (χ4v) is 3.89. The molecule has 0 spiro atoms. The van der Waals surface area contributed by atoms with Gasteiger partial charge in [-0.15, -0.1) is 0 Å². The molecule has 1 heterocycles. The average molecular weight is 277 g/mol. The molecule has 1 fully saturated rings. The van der Waals surface area contributed by atoms with Crippen molar-refractivity contribution >= 4 is 16.0 Å². The summed E-state index contributed by atoms with van der Waals surface area (Å²) in [5.74, 6) is -0.695. The standard InChI is InChI=1S/C12H23NO4S/c1-3-5-11-6-4-8-13(9-7-11)18(16,17)10(2)12(14)15/h10-11H,3-9H2,1-2H3,(H,14,15). The van der Waals surface area contributed by atoms with Crippen molar-refractivity contribution in [2.24, 2.45) is 5.92 Å². The van der Waals surface area contributed by atoms with Gasteiger partial charge in [0.1, 0.15) is 0 Å². The minimum atomic E-state index is -3.69. The fraction of sp³-hybridized carbons (Fsp3) is 0.917. The molecule has 1 aliphatic heterocycles. The maximum atomic E-state index is 12.1. The lowest BCUT2D eigenvalue weighted by atomic mass is 9.96. The summed E-state index contributed by atoms with van der Waals surface area (Å²) < 4.78 is 25.5. The topological polar surface area (TPSA) is 74.7 Å². The molecule has 0 amide bonds. The molecule has 2 unspecified atom stereocenters. The summed E-state index contributed by atoms with van der Waals surface area (Å²) in [6, 6.07) is 0. The first kappa shape index (κ1) is 15.4. The average Bonchev–Trinajstić information content (AvgIpc) is 2.54. The Kier molecular flexibility index (Phi) is 5.59. The van der Waals surface area contributed by atoms with Crippen molar-refractivity contribution < 1.29 is 18.3 Å². The van der Waals surface area contributed by atoms with E-state index in [1.54, 1.807) is 0 Å². The van der Waals surface area contributed by atoms with Crippen LogP contribution in [0, 0.1) is 5.92 Å². The van der Waals surface area contributed by atoms with E-state index in [1.165, 1.54) is 11.2 Å². The first-order valence-electron chi connectivity index (χ1n) is 6.61. The third-order valence-corrected chi connectivity index (χ3v) is 5.84. The highest BCUT2D eigenvalue weighted by Gasteiger charge is 2.34. The molecule has 2 atom stereocenters. The smallest absolute Gasteiger partial charge is 0.323 e. The van der Waals surface area contributed by atoms with Gasteiger partial charge in [-0.05, 0) is 32.1 Å². The maximum absolute atomic E-state index is 12.1. The predicted molar refractivity (Wildman–Crippen MR) is 69.8 cm³/mol. The Bertz CT molecular complexity index is 380. The number of hydrogen-bond donors (Lipinski definition) is 1. The van der Waals surface area contributed by atoms with E-state index in [1.807, 2.05) is 0 Å². The van der Waals surface area contributed by atoms with Crippen LogP contribution in [-0.4, -0.2) is 42.1 Å². The molecule has 0 aliphatic carbocycles. The summed E-state index contributed by atoms with van der Waals surface area (Å²) in [5, 5.41) is 7.50. The summed E-state index contributed by atoms with van der Waals surface area (Å²) in [5.41, 5.74) is 0. The molecule has 0 aromatic heterocycles. The van der Waals surface area contributed by atoms with E-state index in [0.29, 0.717) is 19.0 Å². The van der Waals surface area contributed by atoms with Crippen LogP contribution in [0.15, 0.2) is 0 Å². The van der Waals surface area contributed by atoms with E-state index in [9.17, 15) is 13.2 Å². The normalized spacial score (nSPS) is 24.4. The van der Waals surface area contributed by atoms with Crippen LogP contribution in [0.25, 0.3) is 0 Å². The Labute approximate surface area is 109 Å². The van der Waals surface area contributed by atoms with Crippen molar-refractivity contribution in [1.29, 1.82) is 0 Å². The minimum Gasteiger partial charge on any atom is -0.480 e. The number of sulfonamides is 1. The lowest BCUT2D eigenvalue weighted by Gasteiger charge is -2.22. The molecule has 6 heteroatoms. The number of nitrogens with zero attached hydrogens (tertiary/aromatic N) is 1. The van der Waals surface area contributed by atoms with Crippen LogP contribution >= 0.6 is 0 Å². The number of aliphatic carboxylic acids is 1. The van der Waals surface area contributed by atoms with Gasteiger partial charge in [0, 0.05) is 13.1 Å². The second-order valence-electron chi connectivity index (χ2n) is 5.01. The second-order valence-corrected chi connectivity index (χ2v) is 7.26. The molecule has 18 heavy (non-hydrogen) atoms. The SMILES string of the molecule is CCCC1CCCN(S(=O)(=O)C(C)C(=O)O)CC1. The monoisotopic (exact) mass is 277 g/mol. The van der Waals surface area contributed by atoms with Crippen molar-refractivity contribution in [3.05, 3.63) is 0 Å². The van der Waals surface area contributed by atoms with E-state index in [0.717, 1.165) is 32.1 Å². The van der Waals surface area contributed by atoms with Gasteiger partial charge in [-0.2, -0.15) is 0 Å². The zero-order chi connectivity index (χ0) is 13.8. The Morgan fingerprint density at radius 3 is 2.61 bits per heavy atom. The first-order valence-corrected chi connectivity index (χ1v) is 8.11. The van der Waals surface area contributed by atoms with Crippen LogP contribution in [0.5, 0.6) is 0 Å². The highest BCUT2D eigenvalue weighted by molar-refractivity contribution is 7.90. The molecule has 0 aromatic carbocycles. The van der Waals surface area contributed by atoms with Gasteiger partial charge in [-0.1, -0.05) is 19.8 Å². The quantitative estimate of drug-likeness (QED) is 0.830. The third-order valence-electron chi connectivity index (χ3n) is 3.66. The molecule has 0 saturated carbocycles. The van der Waals surface area contributed by atoms with E-state index in [-0.39, 0.29) is 0 Å². The second kappa shape index (κ2) is 6.52. The molecule has 1 aliphatic rings. The van der Waals surface area contributed by atoms with Crippen molar-refractivity contribution in [2.75, 3.05) is 13.1 Å². The van der Waals surface area contributed by atoms with Gasteiger partial charge in [-0.25, -0.2) is 12.7 Å². The van der Waals surface area contributed by atoms with Crippen LogP contribution in [-0.2, 0) is 14.8 Å². The Morgan fingerprint density at radius 2 is 2.06 bits per heavy atom. The molecule has 0 aromatic rings. The third kappa shape index (κ3) is 3.68. The zero-order valence-corrected chi connectivity index (χ0v) is 11.9. The summed E-state index contributed by atoms with van der Waals surface area (Å²) in [6.45, 7) is 4.29. The number of carboxylic acids is 1. The van der Waals surface area contributed by atoms with Crippen molar-refractivity contribution in [3.63, 3.8) is 0 Å². The lowest BCUT2D eigenvalue weighted by molar-refractivity contribution is -0.136. The van der Waals surface area contributed by atoms with Crippen LogP contribution in [0.3, 0.4) is 0 Å². The van der Waals surface area contributed by atoms with Gasteiger partial charge >= 0.3 is 5.97 Å². The van der Waals surface area contributed by atoms with Crippen molar-refractivity contribution in [2.45, 2.75) is 51.2 Å². The Hall–Kier alpha value is -0.620. The predicted octanol–water partition coefficient (Wildman–Crippen LogP) is 1.69. The summed E-state index contributed by atoms with van der Waals surface area (Å²) in [6.07, 6.45) is 4.96. The van der Waals surface area contributed by atoms with Crippen LogP contribution < -0.4 is 0 Å². The number of carboxylic acid groups (broad SMARTS) is 1. The van der Waals surface area contributed by atoms with Gasteiger partial charge in [0.15, 0.2) is 5.25 Å². The van der Waals surface area contributed by atoms with E-state index < -0.39 is 21.2 Å². The fourth-order valence-electron chi connectivity index (χ4n) is 2.44. The van der Waals surface area contributed by atoms with Gasteiger partial charge in [-0.3, -0.25) is 4.79 Å². The molecular formula is C12H23NO4S. The van der Waals surface area contributed by atoms with Crippen LogP contribution in [0.1, 0.15) is 46.0 Å². The van der Waals surface area contributed by atoms with Gasteiger partial charge in [0.2, 0.25) is 10.0 Å². The summed E-state index contributed by atoms with van der Waals surface area (Å²) >= 11 is 0. The molecule has 1 N–H and O–H groups in total.